The van der Waals surface area contributed by atoms with E-state index >= 15 is 0 Å². The highest BCUT2D eigenvalue weighted by molar-refractivity contribution is 14.0. The van der Waals surface area contributed by atoms with Crippen LogP contribution in [0.25, 0.3) is 0 Å². The second kappa shape index (κ2) is 14.2. The van der Waals surface area contributed by atoms with Crippen molar-refractivity contribution in [2.24, 2.45) is 4.99 Å². The molecular weight excluding hydrogens is 448 g/mol. The van der Waals surface area contributed by atoms with Crippen LogP contribution in [0.2, 0.25) is 0 Å². The van der Waals surface area contributed by atoms with E-state index in [-0.39, 0.29) is 35.2 Å². The van der Waals surface area contributed by atoms with Crippen molar-refractivity contribution >= 4 is 29.9 Å². The second-order valence-corrected chi connectivity index (χ2v) is 6.47. The Morgan fingerprint density at radius 3 is 2.62 bits per heavy atom. The standard InChI is InChI=1S/C19H32FN3O2.HI/c1-5-21-18(22-10-7-11-25-13-12-24-4)23-15-19(2,3)16-8-6-9-17(20)14-16;/h6,8-9,14H,5,7,10-13,15H2,1-4H3,(H2,21,22,23);1H. The van der Waals surface area contributed by atoms with Crippen LogP contribution < -0.4 is 10.6 Å². The van der Waals surface area contributed by atoms with E-state index in [9.17, 15) is 4.39 Å². The fraction of sp³-hybridized carbons (Fsp3) is 0.632. The van der Waals surface area contributed by atoms with Gasteiger partial charge in [0.25, 0.3) is 0 Å². The molecule has 2 N–H and O–H groups in total. The maximum absolute atomic E-state index is 13.5. The Hall–Kier alpha value is -0.930. The van der Waals surface area contributed by atoms with E-state index in [1.165, 1.54) is 6.07 Å². The average molecular weight is 481 g/mol. The Morgan fingerprint density at radius 1 is 1.19 bits per heavy atom. The molecule has 1 rings (SSSR count). The van der Waals surface area contributed by atoms with Crippen LogP contribution in [0.4, 0.5) is 4.39 Å². The molecule has 150 valence electrons. The number of rotatable bonds is 11. The highest BCUT2D eigenvalue weighted by Crippen LogP contribution is 2.24. The zero-order chi connectivity index (χ0) is 18.5. The van der Waals surface area contributed by atoms with Crippen molar-refractivity contribution in [2.45, 2.75) is 32.6 Å². The molecule has 0 unspecified atom stereocenters. The molecule has 0 saturated carbocycles. The molecule has 0 radical (unpaired) electrons. The molecule has 5 nitrogen and oxygen atoms in total. The summed E-state index contributed by atoms with van der Waals surface area (Å²) in [5.74, 6) is 0.553. The smallest absolute Gasteiger partial charge is 0.191 e. The Bertz CT molecular complexity index is 527. The molecule has 0 aliphatic carbocycles. The van der Waals surface area contributed by atoms with Crippen LogP contribution in [0, 0.1) is 5.82 Å². The molecular formula is C19H33FIN3O2. The van der Waals surface area contributed by atoms with E-state index in [4.69, 9.17) is 9.47 Å². The lowest BCUT2D eigenvalue weighted by atomic mass is 9.85. The molecule has 0 saturated heterocycles. The van der Waals surface area contributed by atoms with Crippen LogP contribution >= 0.6 is 24.0 Å². The van der Waals surface area contributed by atoms with Crippen molar-refractivity contribution in [2.75, 3.05) is 46.6 Å². The first-order chi connectivity index (χ1) is 12.0. The maximum Gasteiger partial charge on any atom is 0.191 e. The summed E-state index contributed by atoms with van der Waals surface area (Å²) in [6.45, 7) is 10.2. The van der Waals surface area contributed by atoms with Crippen LogP contribution in [-0.4, -0.2) is 52.5 Å². The van der Waals surface area contributed by atoms with Crippen molar-refractivity contribution < 1.29 is 13.9 Å². The van der Waals surface area contributed by atoms with E-state index in [1.807, 2.05) is 13.0 Å². The number of ether oxygens (including phenoxy) is 2. The largest absolute Gasteiger partial charge is 0.382 e. The summed E-state index contributed by atoms with van der Waals surface area (Å²) in [5, 5.41) is 6.53. The molecule has 0 aliphatic heterocycles. The Balaban J connectivity index is 0.00000625. The van der Waals surface area contributed by atoms with Crippen LogP contribution in [0.3, 0.4) is 0 Å². The summed E-state index contributed by atoms with van der Waals surface area (Å²) in [6, 6.07) is 6.72. The van der Waals surface area contributed by atoms with E-state index < -0.39 is 0 Å². The van der Waals surface area contributed by atoms with Crippen molar-refractivity contribution in [3.8, 4) is 0 Å². The number of aliphatic imine (C=N–C) groups is 1. The molecule has 26 heavy (non-hydrogen) atoms. The quantitative estimate of drug-likeness (QED) is 0.221. The van der Waals surface area contributed by atoms with Gasteiger partial charge in [-0.15, -0.1) is 24.0 Å². The first-order valence-corrected chi connectivity index (χ1v) is 8.84. The fourth-order valence-corrected chi connectivity index (χ4v) is 2.24. The third-order valence-corrected chi connectivity index (χ3v) is 3.77. The molecule has 0 bridgehead atoms. The van der Waals surface area contributed by atoms with Gasteiger partial charge >= 0.3 is 0 Å². The van der Waals surface area contributed by atoms with Gasteiger partial charge in [0.05, 0.1) is 19.8 Å². The predicted molar refractivity (Wildman–Crippen MR) is 116 cm³/mol. The van der Waals surface area contributed by atoms with E-state index in [0.717, 1.165) is 31.0 Å². The summed E-state index contributed by atoms with van der Waals surface area (Å²) in [6.07, 6.45) is 0.890. The Kier molecular flexibility index (Phi) is 13.7. The summed E-state index contributed by atoms with van der Waals surface area (Å²) >= 11 is 0. The molecule has 0 amide bonds. The SMILES string of the molecule is CCNC(=NCC(C)(C)c1cccc(F)c1)NCCCOCCOC.I. The lowest BCUT2D eigenvalue weighted by molar-refractivity contribution is 0.0698. The van der Waals surface area contributed by atoms with Gasteiger partial charge in [-0.1, -0.05) is 26.0 Å². The summed E-state index contributed by atoms with van der Waals surface area (Å²) in [5.41, 5.74) is 0.701. The van der Waals surface area contributed by atoms with Gasteiger partial charge < -0.3 is 20.1 Å². The Morgan fingerprint density at radius 2 is 1.96 bits per heavy atom. The highest BCUT2D eigenvalue weighted by atomic mass is 127. The number of hydrogen-bond donors (Lipinski definition) is 2. The molecule has 0 spiro atoms. The second-order valence-electron chi connectivity index (χ2n) is 6.47. The third kappa shape index (κ3) is 10.3. The molecule has 0 aromatic heterocycles. The van der Waals surface area contributed by atoms with Gasteiger partial charge in [-0.2, -0.15) is 0 Å². The predicted octanol–water partition coefficient (Wildman–Crippen LogP) is 3.33. The molecule has 0 aliphatic rings. The van der Waals surface area contributed by atoms with Gasteiger partial charge in [-0.25, -0.2) is 4.39 Å². The molecule has 0 heterocycles. The minimum Gasteiger partial charge on any atom is -0.382 e. The minimum atomic E-state index is -0.242. The number of benzene rings is 1. The topological polar surface area (TPSA) is 54.9 Å². The number of methoxy groups -OCH3 is 1. The van der Waals surface area contributed by atoms with E-state index in [0.29, 0.717) is 26.4 Å². The number of guanidine groups is 1. The summed E-state index contributed by atoms with van der Waals surface area (Å²) < 4.78 is 23.8. The van der Waals surface area contributed by atoms with E-state index in [1.54, 1.807) is 19.2 Å². The van der Waals surface area contributed by atoms with Crippen molar-refractivity contribution in [3.05, 3.63) is 35.6 Å². The maximum atomic E-state index is 13.5. The first kappa shape index (κ1) is 25.1. The monoisotopic (exact) mass is 481 g/mol. The first-order valence-electron chi connectivity index (χ1n) is 8.84. The molecule has 0 fully saturated rings. The average Bonchev–Trinajstić information content (AvgIpc) is 2.59. The van der Waals surface area contributed by atoms with Gasteiger partial charge in [0.2, 0.25) is 0 Å². The van der Waals surface area contributed by atoms with Crippen LogP contribution in [0.1, 0.15) is 32.8 Å². The number of halogens is 2. The van der Waals surface area contributed by atoms with Crippen LogP contribution in [0.5, 0.6) is 0 Å². The summed E-state index contributed by atoms with van der Waals surface area (Å²) in [7, 11) is 1.66. The third-order valence-electron chi connectivity index (χ3n) is 3.77. The van der Waals surface area contributed by atoms with Crippen LogP contribution in [0.15, 0.2) is 29.3 Å². The fourth-order valence-electron chi connectivity index (χ4n) is 2.24. The zero-order valence-electron chi connectivity index (χ0n) is 16.3. The van der Waals surface area contributed by atoms with E-state index in [2.05, 4.69) is 29.5 Å². The highest BCUT2D eigenvalue weighted by Gasteiger charge is 2.20. The number of nitrogens with one attached hydrogen (secondary N) is 2. The summed E-state index contributed by atoms with van der Waals surface area (Å²) in [4.78, 5) is 4.65. The number of nitrogens with zero attached hydrogens (tertiary/aromatic N) is 1. The molecule has 1 aromatic carbocycles. The van der Waals surface area contributed by atoms with Gasteiger partial charge in [0, 0.05) is 32.2 Å². The van der Waals surface area contributed by atoms with Gasteiger partial charge in [-0.3, -0.25) is 4.99 Å². The van der Waals surface area contributed by atoms with Crippen molar-refractivity contribution in [1.82, 2.24) is 10.6 Å². The van der Waals surface area contributed by atoms with Crippen molar-refractivity contribution in [1.29, 1.82) is 0 Å². The minimum absolute atomic E-state index is 0. The lowest BCUT2D eigenvalue weighted by Crippen LogP contribution is -2.39. The zero-order valence-corrected chi connectivity index (χ0v) is 18.6. The Labute approximate surface area is 174 Å². The molecule has 1 aromatic rings. The van der Waals surface area contributed by atoms with Gasteiger partial charge in [0.1, 0.15) is 5.82 Å². The van der Waals surface area contributed by atoms with Crippen molar-refractivity contribution in [3.63, 3.8) is 0 Å². The number of hydrogen-bond acceptors (Lipinski definition) is 3. The van der Waals surface area contributed by atoms with Gasteiger partial charge in [0.15, 0.2) is 5.96 Å². The molecule has 0 atom stereocenters. The van der Waals surface area contributed by atoms with Crippen LogP contribution in [-0.2, 0) is 14.9 Å². The molecule has 7 heteroatoms. The lowest BCUT2D eigenvalue weighted by Gasteiger charge is -2.24. The van der Waals surface area contributed by atoms with Gasteiger partial charge in [-0.05, 0) is 31.0 Å². The normalized spacial score (nSPS) is 11.8.